The summed E-state index contributed by atoms with van der Waals surface area (Å²) < 4.78 is 12.2. The van der Waals surface area contributed by atoms with E-state index in [1.54, 1.807) is 29.1 Å². The molecule has 1 unspecified atom stereocenters. The number of nitrogens with one attached hydrogen (secondary N) is 2. The highest BCUT2D eigenvalue weighted by Gasteiger charge is 2.33. The number of hydrogen-bond acceptors (Lipinski definition) is 6. The van der Waals surface area contributed by atoms with Crippen molar-refractivity contribution in [2.75, 3.05) is 17.4 Å². The number of benzene rings is 1. The van der Waals surface area contributed by atoms with Crippen molar-refractivity contribution in [3.05, 3.63) is 57.8 Å². The molecule has 0 saturated heterocycles. The first kappa shape index (κ1) is 18.4. The van der Waals surface area contributed by atoms with Crippen molar-refractivity contribution >= 4 is 40.9 Å². The molecule has 2 aromatic heterocycles. The molecule has 4 heterocycles. The van der Waals surface area contributed by atoms with Gasteiger partial charge in [0, 0.05) is 35.9 Å². The number of ether oxygens (including phenoxy) is 2. The maximum absolute atomic E-state index is 12.6. The third kappa shape index (κ3) is 3.33. The number of rotatable bonds is 4. The van der Waals surface area contributed by atoms with Gasteiger partial charge in [-0.1, -0.05) is 12.1 Å². The second-order valence-corrected chi connectivity index (χ2v) is 7.97. The molecule has 2 aliphatic heterocycles. The standard InChI is InChI=1S/C21H18N4O4S/c1-25-21-19(13(10-18(27)23-21)16-3-2-8-30-16)20(24-25)22-17(26)7-5-12-4-6-14-15(9-12)29-11-28-14/h2-9,13H,10-11H2,1H3,(H,23,27)(H,22,24,26)/b7-5+. The Kier molecular flexibility index (Phi) is 4.51. The van der Waals surface area contributed by atoms with Crippen LogP contribution in [-0.4, -0.2) is 28.4 Å². The summed E-state index contributed by atoms with van der Waals surface area (Å²) in [6.45, 7) is 0.204. The van der Waals surface area contributed by atoms with Crippen LogP contribution in [0.15, 0.2) is 41.8 Å². The van der Waals surface area contributed by atoms with Gasteiger partial charge in [-0.3, -0.25) is 14.3 Å². The van der Waals surface area contributed by atoms with Crippen LogP contribution in [0.4, 0.5) is 11.6 Å². The van der Waals surface area contributed by atoms with Crippen molar-refractivity contribution < 1.29 is 19.1 Å². The van der Waals surface area contributed by atoms with Crippen LogP contribution in [0.25, 0.3) is 6.08 Å². The van der Waals surface area contributed by atoms with E-state index in [1.807, 2.05) is 35.7 Å². The second kappa shape index (κ2) is 7.34. The van der Waals surface area contributed by atoms with E-state index < -0.39 is 0 Å². The van der Waals surface area contributed by atoms with E-state index in [9.17, 15) is 9.59 Å². The van der Waals surface area contributed by atoms with Gasteiger partial charge in [-0.15, -0.1) is 11.3 Å². The van der Waals surface area contributed by atoms with Gasteiger partial charge in [0.25, 0.3) is 0 Å². The molecule has 0 aliphatic carbocycles. The number of amides is 2. The van der Waals surface area contributed by atoms with Gasteiger partial charge in [-0.25, -0.2) is 0 Å². The molecule has 3 aromatic rings. The summed E-state index contributed by atoms with van der Waals surface area (Å²) in [5.41, 5.74) is 1.64. The van der Waals surface area contributed by atoms with Crippen LogP contribution in [0.3, 0.4) is 0 Å². The third-order valence-corrected chi connectivity index (χ3v) is 6.02. The number of aryl methyl sites for hydroxylation is 1. The predicted octanol–water partition coefficient (Wildman–Crippen LogP) is 3.34. The number of carbonyl (C=O) groups is 2. The molecule has 0 spiro atoms. The summed E-state index contributed by atoms with van der Waals surface area (Å²) in [5.74, 6) is 1.89. The highest BCUT2D eigenvalue weighted by molar-refractivity contribution is 7.10. The quantitative estimate of drug-likeness (QED) is 0.629. The summed E-state index contributed by atoms with van der Waals surface area (Å²) in [4.78, 5) is 25.8. The van der Waals surface area contributed by atoms with Gasteiger partial charge in [0.1, 0.15) is 5.82 Å². The van der Waals surface area contributed by atoms with E-state index >= 15 is 0 Å². The predicted molar refractivity (Wildman–Crippen MR) is 113 cm³/mol. The number of carbonyl (C=O) groups excluding carboxylic acids is 2. The molecule has 0 radical (unpaired) electrons. The number of nitrogens with zero attached hydrogens (tertiary/aromatic N) is 2. The number of thiophene rings is 1. The molecular formula is C21H18N4O4S. The van der Waals surface area contributed by atoms with Crippen LogP contribution in [0.1, 0.15) is 28.3 Å². The van der Waals surface area contributed by atoms with Gasteiger partial charge < -0.3 is 20.1 Å². The third-order valence-electron chi connectivity index (χ3n) is 5.03. The normalized spacial score (nSPS) is 17.1. The SMILES string of the molecule is Cn1nc(NC(=O)/C=C/c2ccc3c(c2)OCO3)c2c1NC(=O)CC2c1cccs1. The highest BCUT2D eigenvalue weighted by Crippen LogP contribution is 2.42. The van der Waals surface area contributed by atoms with E-state index in [2.05, 4.69) is 15.7 Å². The summed E-state index contributed by atoms with van der Waals surface area (Å²) >= 11 is 1.58. The van der Waals surface area contributed by atoms with E-state index in [1.165, 1.54) is 6.08 Å². The fourth-order valence-electron chi connectivity index (χ4n) is 3.66. The summed E-state index contributed by atoms with van der Waals surface area (Å²) in [7, 11) is 1.74. The Bertz CT molecular complexity index is 1170. The van der Waals surface area contributed by atoms with E-state index in [0.29, 0.717) is 29.6 Å². The molecule has 30 heavy (non-hydrogen) atoms. The zero-order valence-corrected chi connectivity index (χ0v) is 16.9. The molecule has 1 atom stereocenters. The van der Waals surface area contributed by atoms with Gasteiger partial charge in [0.05, 0.1) is 0 Å². The van der Waals surface area contributed by atoms with Crippen LogP contribution in [0, 0.1) is 0 Å². The lowest BCUT2D eigenvalue weighted by atomic mass is 9.92. The first-order chi connectivity index (χ1) is 14.6. The van der Waals surface area contributed by atoms with Crippen molar-refractivity contribution in [2.24, 2.45) is 7.05 Å². The lowest BCUT2D eigenvalue weighted by Crippen LogP contribution is -2.24. The van der Waals surface area contributed by atoms with Crippen LogP contribution in [0.2, 0.25) is 0 Å². The van der Waals surface area contributed by atoms with Crippen LogP contribution >= 0.6 is 11.3 Å². The van der Waals surface area contributed by atoms with Gasteiger partial charge in [0.2, 0.25) is 18.6 Å². The van der Waals surface area contributed by atoms with Gasteiger partial charge in [0.15, 0.2) is 17.3 Å². The van der Waals surface area contributed by atoms with E-state index in [4.69, 9.17) is 9.47 Å². The van der Waals surface area contributed by atoms with Crippen molar-refractivity contribution in [3.63, 3.8) is 0 Å². The van der Waals surface area contributed by atoms with Crippen LogP contribution in [0.5, 0.6) is 11.5 Å². The summed E-state index contributed by atoms with van der Waals surface area (Å²) in [5, 5.41) is 12.1. The summed E-state index contributed by atoms with van der Waals surface area (Å²) in [6, 6.07) is 9.42. The minimum atomic E-state index is -0.310. The fraction of sp³-hybridized carbons (Fsp3) is 0.190. The lowest BCUT2D eigenvalue weighted by molar-refractivity contribution is -0.116. The molecule has 2 aliphatic rings. The Balaban J connectivity index is 1.39. The molecule has 5 rings (SSSR count). The Morgan fingerprint density at radius 3 is 3.03 bits per heavy atom. The van der Waals surface area contributed by atoms with E-state index in [0.717, 1.165) is 16.0 Å². The second-order valence-electron chi connectivity index (χ2n) is 6.99. The van der Waals surface area contributed by atoms with Crippen LogP contribution < -0.4 is 20.1 Å². The topological polar surface area (TPSA) is 94.5 Å². The maximum atomic E-state index is 12.6. The fourth-order valence-corrected chi connectivity index (χ4v) is 4.50. The van der Waals surface area contributed by atoms with Gasteiger partial charge in [-0.05, 0) is 35.2 Å². The molecule has 8 nitrogen and oxygen atoms in total. The molecule has 0 bridgehead atoms. The lowest BCUT2D eigenvalue weighted by Gasteiger charge is -2.22. The van der Waals surface area contributed by atoms with E-state index in [-0.39, 0.29) is 24.5 Å². The minimum absolute atomic E-state index is 0.0653. The van der Waals surface area contributed by atoms with Gasteiger partial charge in [-0.2, -0.15) is 5.10 Å². The monoisotopic (exact) mass is 422 g/mol. The van der Waals surface area contributed by atoms with Crippen molar-refractivity contribution in [1.82, 2.24) is 9.78 Å². The number of aromatic nitrogens is 2. The Labute approximate surface area is 176 Å². The maximum Gasteiger partial charge on any atom is 0.249 e. The smallest absolute Gasteiger partial charge is 0.249 e. The molecule has 0 saturated carbocycles. The largest absolute Gasteiger partial charge is 0.454 e. The first-order valence-electron chi connectivity index (χ1n) is 9.37. The highest BCUT2D eigenvalue weighted by atomic mass is 32.1. The Hall–Kier alpha value is -3.59. The summed E-state index contributed by atoms with van der Waals surface area (Å²) in [6.07, 6.45) is 3.46. The molecule has 9 heteroatoms. The zero-order valence-electron chi connectivity index (χ0n) is 16.0. The zero-order chi connectivity index (χ0) is 20.7. The Morgan fingerprint density at radius 2 is 2.20 bits per heavy atom. The Morgan fingerprint density at radius 1 is 1.33 bits per heavy atom. The van der Waals surface area contributed by atoms with Crippen molar-refractivity contribution in [3.8, 4) is 11.5 Å². The number of hydrogen-bond donors (Lipinski definition) is 2. The van der Waals surface area contributed by atoms with Crippen LogP contribution in [-0.2, 0) is 16.6 Å². The number of fused-ring (bicyclic) bond motifs is 2. The molecule has 1 aromatic carbocycles. The molecule has 2 amide bonds. The first-order valence-corrected chi connectivity index (χ1v) is 10.3. The number of anilines is 2. The van der Waals surface area contributed by atoms with Crippen molar-refractivity contribution in [1.29, 1.82) is 0 Å². The minimum Gasteiger partial charge on any atom is -0.454 e. The van der Waals surface area contributed by atoms with Gasteiger partial charge >= 0.3 is 0 Å². The van der Waals surface area contributed by atoms with Crippen molar-refractivity contribution in [2.45, 2.75) is 12.3 Å². The average Bonchev–Trinajstić information content (AvgIpc) is 3.47. The molecule has 2 N–H and O–H groups in total. The molecular weight excluding hydrogens is 404 g/mol. The molecule has 152 valence electrons. The average molecular weight is 422 g/mol. The molecule has 0 fully saturated rings.